The Morgan fingerprint density at radius 1 is 1.45 bits per heavy atom. The molecule has 1 saturated carbocycles. The highest BCUT2D eigenvalue weighted by molar-refractivity contribution is 5.40. The summed E-state index contributed by atoms with van der Waals surface area (Å²) in [4.78, 5) is 0. The van der Waals surface area contributed by atoms with Gasteiger partial charge in [0.15, 0.2) is 0 Å². The van der Waals surface area contributed by atoms with Gasteiger partial charge in [-0.05, 0) is 31.3 Å². The van der Waals surface area contributed by atoms with Gasteiger partial charge in [-0.3, -0.25) is 0 Å². The smallest absolute Gasteiger partial charge is 0.0790 e. The summed E-state index contributed by atoms with van der Waals surface area (Å²) in [7, 11) is 0. The molecule has 1 fully saturated rings. The van der Waals surface area contributed by atoms with Crippen LogP contribution in [-0.4, -0.2) is 0 Å². The van der Waals surface area contributed by atoms with Gasteiger partial charge in [-0.25, -0.2) is 0 Å². The molecule has 0 aromatic rings. The first-order valence-corrected chi connectivity index (χ1v) is 3.99. The zero-order chi connectivity index (χ0) is 7.73. The van der Waals surface area contributed by atoms with Crippen LogP contribution < -0.4 is 0 Å². The number of nitriles is 1. The summed E-state index contributed by atoms with van der Waals surface area (Å²) >= 11 is 0. The van der Waals surface area contributed by atoms with E-state index < -0.39 is 0 Å². The maximum Gasteiger partial charge on any atom is 0.0790 e. The zero-order valence-electron chi connectivity index (χ0n) is 6.38. The minimum Gasteiger partial charge on any atom is -0.197 e. The first-order valence-electron chi connectivity index (χ1n) is 3.99. The Balaban J connectivity index is 2.22. The monoisotopic (exact) mass is 144 g/mol. The predicted molar refractivity (Wildman–Crippen MR) is 43.4 cm³/mol. The Morgan fingerprint density at radius 3 is 2.73 bits per heavy atom. The van der Waals surface area contributed by atoms with E-state index in [0.29, 0.717) is 0 Å². The second-order valence-corrected chi connectivity index (χ2v) is 3.18. The molecule has 1 radical (unpaired) electrons. The summed E-state index contributed by atoms with van der Waals surface area (Å²) in [5, 5.41) is 8.87. The fourth-order valence-corrected chi connectivity index (χ4v) is 1.46. The summed E-state index contributed by atoms with van der Waals surface area (Å²) < 4.78 is 0. The summed E-state index contributed by atoms with van der Waals surface area (Å²) in [5.74, 6) is 0. The van der Waals surface area contributed by atoms with Crippen molar-refractivity contribution in [1.82, 2.24) is 0 Å². The van der Waals surface area contributed by atoms with Crippen molar-refractivity contribution in [3.05, 3.63) is 30.2 Å². The van der Waals surface area contributed by atoms with E-state index in [4.69, 9.17) is 5.26 Å². The fourth-order valence-electron chi connectivity index (χ4n) is 1.46. The van der Waals surface area contributed by atoms with E-state index in [-0.39, 0.29) is 5.41 Å². The van der Waals surface area contributed by atoms with Crippen molar-refractivity contribution in [1.29, 1.82) is 5.26 Å². The molecule has 0 spiro atoms. The Hall–Kier alpha value is -1.03. The van der Waals surface area contributed by atoms with Crippen LogP contribution in [0.3, 0.4) is 0 Å². The molecule has 0 N–H and O–H groups in total. The molecule has 0 heterocycles. The average Bonchev–Trinajstić information content (AvgIpc) is 2.86. The van der Waals surface area contributed by atoms with E-state index in [9.17, 15) is 0 Å². The lowest BCUT2D eigenvalue weighted by Gasteiger charge is -2.11. The van der Waals surface area contributed by atoms with Crippen molar-refractivity contribution < 1.29 is 0 Å². The van der Waals surface area contributed by atoms with Gasteiger partial charge in [0.25, 0.3) is 0 Å². The minimum absolute atomic E-state index is 0.0786. The highest BCUT2D eigenvalue weighted by Crippen LogP contribution is 2.52. The van der Waals surface area contributed by atoms with Gasteiger partial charge >= 0.3 is 0 Å². The summed E-state index contributed by atoms with van der Waals surface area (Å²) in [6, 6.07) is 2.39. The largest absolute Gasteiger partial charge is 0.197 e. The fraction of sp³-hybridized carbons (Fsp3) is 0.400. The van der Waals surface area contributed by atoms with Crippen LogP contribution in [0.25, 0.3) is 0 Å². The molecule has 2 rings (SSSR count). The van der Waals surface area contributed by atoms with Crippen molar-refractivity contribution in [2.45, 2.75) is 19.3 Å². The molecule has 0 saturated heterocycles. The van der Waals surface area contributed by atoms with Gasteiger partial charge in [-0.2, -0.15) is 5.26 Å². The maximum absolute atomic E-state index is 8.87. The molecule has 0 aromatic heterocycles. The third kappa shape index (κ3) is 0.991. The molecule has 0 unspecified atom stereocenters. The Bertz CT molecular complexity index is 261. The van der Waals surface area contributed by atoms with Gasteiger partial charge in [0.2, 0.25) is 0 Å². The van der Waals surface area contributed by atoms with Gasteiger partial charge in [0, 0.05) is 0 Å². The van der Waals surface area contributed by atoms with Crippen molar-refractivity contribution in [2.75, 3.05) is 0 Å². The average molecular weight is 144 g/mol. The lowest BCUT2D eigenvalue weighted by Crippen LogP contribution is -2.03. The quantitative estimate of drug-likeness (QED) is 0.554. The van der Waals surface area contributed by atoms with Crippen LogP contribution in [0.5, 0.6) is 0 Å². The topological polar surface area (TPSA) is 23.8 Å². The van der Waals surface area contributed by atoms with Gasteiger partial charge in [0.05, 0.1) is 11.5 Å². The molecule has 0 bridgehead atoms. The molecule has 0 aliphatic heterocycles. The molecule has 11 heavy (non-hydrogen) atoms. The number of hydrogen-bond acceptors (Lipinski definition) is 1. The molecule has 2 aliphatic rings. The van der Waals surface area contributed by atoms with Crippen molar-refractivity contribution in [3.63, 3.8) is 0 Å². The summed E-state index contributed by atoms with van der Waals surface area (Å²) in [5.41, 5.74) is 1.16. The normalized spacial score (nSPS) is 25.5. The van der Waals surface area contributed by atoms with Crippen LogP contribution >= 0.6 is 0 Å². The van der Waals surface area contributed by atoms with Crippen molar-refractivity contribution >= 4 is 0 Å². The van der Waals surface area contributed by atoms with Crippen LogP contribution in [0.2, 0.25) is 0 Å². The Morgan fingerprint density at radius 2 is 2.27 bits per heavy atom. The highest BCUT2D eigenvalue weighted by Gasteiger charge is 2.46. The SMILES string of the molecule is N#CC1(C2=CC=CC[CH]2)CC1. The number of rotatable bonds is 1. The van der Waals surface area contributed by atoms with E-state index >= 15 is 0 Å². The van der Waals surface area contributed by atoms with Gasteiger partial charge in [-0.1, -0.05) is 18.2 Å². The zero-order valence-corrected chi connectivity index (χ0v) is 6.38. The highest BCUT2D eigenvalue weighted by atomic mass is 14.5. The number of allylic oxidation sites excluding steroid dienone is 4. The van der Waals surface area contributed by atoms with Gasteiger partial charge in [-0.15, -0.1) is 0 Å². The standard InChI is InChI=1S/C10H10N/c11-8-10(6-7-10)9-4-2-1-3-5-9/h1-2,4-5H,3,6-7H2. The molecule has 55 valence electrons. The first-order chi connectivity index (χ1) is 5.37. The van der Waals surface area contributed by atoms with E-state index in [1.54, 1.807) is 0 Å². The van der Waals surface area contributed by atoms with Crippen LogP contribution in [0.15, 0.2) is 23.8 Å². The Kier molecular flexibility index (Phi) is 1.35. The molecular weight excluding hydrogens is 134 g/mol. The van der Waals surface area contributed by atoms with Crippen LogP contribution in [-0.2, 0) is 0 Å². The van der Waals surface area contributed by atoms with E-state index in [2.05, 4.69) is 24.6 Å². The van der Waals surface area contributed by atoms with Gasteiger partial charge in [0.1, 0.15) is 0 Å². The van der Waals surface area contributed by atoms with Crippen LogP contribution in [0, 0.1) is 23.2 Å². The molecule has 0 amide bonds. The predicted octanol–water partition coefficient (Wildman–Crippen LogP) is 2.38. The molecule has 1 heteroatoms. The lowest BCUT2D eigenvalue weighted by atomic mass is 9.90. The molecule has 0 atom stereocenters. The van der Waals surface area contributed by atoms with Crippen molar-refractivity contribution in [2.24, 2.45) is 5.41 Å². The summed E-state index contributed by atoms with van der Waals surface area (Å²) in [6.07, 6.45) is 11.5. The minimum atomic E-state index is -0.0786. The lowest BCUT2D eigenvalue weighted by molar-refractivity contribution is 0.797. The number of nitrogens with zero attached hydrogens (tertiary/aromatic N) is 1. The van der Waals surface area contributed by atoms with Gasteiger partial charge < -0.3 is 0 Å². The maximum atomic E-state index is 8.87. The first kappa shape index (κ1) is 6.67. The number of hydrogen-bond donors (Lipinski definition) is 0. The third-order valence-electron chi connectivity index (χ3n) is 2.40. The van der Waals surface area contributed by atoms with E-state index in [1.807, 2.05) is 6.08 Å². The van der Waals surface area contributed by atoms with Crippen LogP contribution in [0.1, 0.15) is 19.3 Å². The summed E-state index contributed by atoms with van der Waals surface area (Å²) in [6.45, 7) is 0. The third-order valence-corrected chi connectivity index (χ3v) is 2.40. The molecular formula is C10H10N. The van der Waals surface area contributed by atoms with Crippen LogP contribution in [0.4, 0.5) is 0 Å². The molecule has 1 nitrogen and oxygen atoms in total. The van der Waals surface area contributed by atoms with Crippen molar-refractivity contribution in [3.8, 4) is 6.07 Å². The molecule has 0 aromatic carbocycles. The second kappa shape index (κ2) is 2.23. The van der Waals surface area contributed by atoms with E-state index in [1.165, 1.54) is 5.57 Å². The molecule has 2 aliphatic carbocycles. The van der Waals surface area contributed by atoms with E-state index in [0.717, 1.165) is 19.3 Å². The Labute approximate surface area is 67.0 Å². The second-order valence-electron chi connectivity index (χ2n) is 3.18.